The third-order valence-electron chi connectivity index (χ3n) is 2.91. The lowest BCUT2D eigenvalue weighted by Gasteiger charge is -2.13. The van der Waals surface area contributed by atoms with Crippen molar-refractivity contribution in [3.8, 4) is 5.75 Å². The highest BCUT2D eigenvalue weighted by molar-refractivity contribution is 9.10. The van der Waals surface area contributed by atoms with E-state index in [4.69, 9.17) is 4.74 Å². The maximum Gasteiger partial charge on any atom is 0.342 e. The number of benzene rings is 2. The maximum absolute atomic E-state index is 12.2. The van der Waals surface area contributed by atoms with E-state index in [-0.39, 0.29) is 17.1 Å². The number of para-hydroxylation sites is 1. The van der Waals surface area contributed by atoms with Crippen LogP contribution in [0.15, 0.2) is 53.0 Å². The number of halogens is 1. The summed E-state index contributed by atoms with van der Waals surface area (Å²) in [7, 11) is 0. The number of esters is 1. The van der Waals surface area contributed by atoms with Gasteiger partial charge in [-0.15, -0.1) is 0 Å². The van der Waals surface area contributed by atoms with Crippen molar-refractivity contribution in [2.75, 3.05) is 0 Å². The molecule has 1 atom stereocenters. The normalized spacial score (nSPS) is 11.7. The first-order valence-electron chi connectivity index (χ1n) is 6.28. The highest BCUT2D eigenvalue weighted by atomic mass is 79.9. The summed E-state index contributed by atoms with van der Waals surface area (Å²) in [5.74, 6) is -1.21. The molecular formula is C16H13BrO4. The molecule has 2 aromatic carbocycles. The van der Waals surface area contributed by atoms with E-state index in [0.29, 0.717) is 5.56 Å². The molecule has 2 aromatic rings. The highest BCUT2D eigenvalue weighted by Gasteiger charge is 2.21. The van der Waals surface area contributed by atoms with Crippen LogP contribution in [0.5, 0.6) is 5.75 Å². The molecular weight excluding hydrogens is 336 g/mol. The fourth-order valence-electron chi connectivity index (χ4n) is 1.77. The number of Topliss-reactive ketones (excluding diaryl/α,β-unsaturated/α-hetero) is 1. The summed E-state index contributed by atoms with van der Waals surface area (Å²) in [4.78, 5) is 24.1. The molecule has 0 saturated carbocycles. The van der Waals surface area contributed by atoms with Crippen molar-refractivity contribution in [1.82, 2.24) is 0 Å². The van der Waals surface area contributed by atoms with Gasteiger partial charge in [-0.2, -0.15) is 0 Å². The molecule has 0 spiro atoms. The van der Waals surface area contributed by atoms with Crippen molar-refractivity contribution in [3.05, 3.63) is 64.1 Å². The van der Waals surface area contributed by atoms with E-state index < -0.39 is 12.1 Å². The maximum atomic E-state index is 12.2. The number of carbonyl (C=O) groups excluding carboxylic acids is 2. The molecule has 0 fully saturated rings. The Morgan fingerprint density at radius 3 is 2.33 bits per heavy atom. The summed E-state index contributed by atoms with van der Waals surface area (Å²) >= 11 is 3.29. The summed E-state index contributed by atoms with van der Waals surface area (Å²) in [6, 6.07) is 12.8. The van der Waals surface area contributed by atoms with Gasteiger partial charge >= 0.3 is 5.97 Å². The van der Waals surface area contributed by atoms with Crippen LogP contribution in [-0.4, -0.2) is 23.0 Å². The molecule has 0 aromatic heterocycles. The molecule has 108 valence electrons. The molecule has 0 heterocycles. The Bertz CT molecular complexity index is 664. The van der Waals surface area contributed by atoms with Crippen molar-refractivity contribution in [1.29, 1.82) is 0 Å². The molecule has 0 aliphatic heterocycles. The van der Waals surface area contributed by atoms with E-state index in [1.54, 1.807) is 36.4 Å². The Morgan fingerprint density at radius 1 is 1.10 bits per heavy atom. The van der Waals surface area contributed by atoms with Gasteiger partial charge in [0, 0.05) is 10.0 Å². The van der Waals surface area contributed by atoms with E-state index in [2.05, 4.69) is 15.9 Å². The van der Waals surface area contributed by atoms with Crippen LogP contribution in [0, 0.1) is 0 Å². The second kappa shape index (κ2) is 6.54. The van der Waals surface area contributed by atoms with Crippen molar-refractivity contribution >= 4 is 27.7 Å². The topological polar surface area (TPSA) is 63.6 Å². The minimum atomic E-state index is -0.932. The van der Waals surface area contributed by atoms with Crippen LogP contribution in [-0.2, 0) is 4.74 Å². The first-order valence-corrected chi connectivity index (χ1v) is 7.07. The fraction of sp³-hybridized carbons (Fsp3) is 0.125. The predicted octanol–water partition coefficient (Wildman–Crippen LogP) is 3.58. The second-order valence-corrected chi connectivity index (χ2v) is 5.35. The Morgan fingerprint density at radius 2 is 1.71 bits per heavy atom. The van der Waals surface area contributed by atoms with Gasteiger partial charge < -0.3 is 9.84 Å². The number of phenolic OH excluding ortho intramolecular Hbond substituents is 1. The number of ether oxygens (including phenoxy) is 1. The number of hydrogen-bond acceptors (Lipinski definition) is 4. The largest absolute Gasteiger partial charge is 0.507 e. The standard InChI is InChI=1S/C16H13BrO4/c1-10(15(19)11-6-8-12(17)9-7-11)21-16(20)13-4-2-3-5-14(13)18/h2-10,18H,1H3/t10-/m0/s1. The van der Waals surface area contributed by atoms with Crippen LogP contribution in [0.1, 0.15) is 27.6 Å². The number of phenols is 1. The average Bonchev–Trinajstić information content (AvgIpc) is 2.47. The molecule has 0 aliphatic rings. The van der Waals surface area contributed by atoms with Gasteiger partial charge in [0.25, 0.3) is 0 Å². The Labute approximate surface area is 130 Å². The summed E-state index contributed by atoms with van der Waals surface area (Å²) in [6.45, 7) is 1.50. The predicted molar refractivity (Wildman–Crippen MR) is 81.5 cm³/mol. The fourth-order valence-corrected chi connectivity index (χ4v) is 2.04. The lowest BCUT2D eigenvalue weighted by molar-refractivity contribution is 0.0316. The third kappa shape index (κ3) is 3.70. The molecule has 5 heteroatoms. The number of carbonyl (C=O) groups is 2. The lowest BCUT2D eigenvalue weighted by atomic mass is 10.1. The van der Waals surface area contributed by atoms with Crippen molar-refractivity contribution in [2.24, 2.45) is 0 Å². The van der Waals surface area contributed by atoms with Gasteiger partial charge in [0.2, 0.25) is 5.78 Å². The second-order valence-electron chi connectivity index (χ2n) is 4.44. The van der Waals surface area contributed by atoms with Gasteiger partial charge in [-0.3, -0.25) is 4.79 Å². The Balaban J connectivity index is 2.09. The molecule has 0 aliphatic carbocycles. The molecule has 0 radical (unpaired) electrons. The van der Waals surface area contributed by atoms with Crippen LogP contribution in [0.2, 0.25) is 0 Å². The molecule has 0 amide bonds. The van der Waals surface area contributed by atoms with Gasteiger partial charge in [-0.05, 0) is 31.2 Å². The first-order chi connectivity index (χ1) is 9.99. The minimum absolute atomic E-state index is 0.0351. The zero-order valence-electron chi connectivity index (χ0n) is 11.2. The summed E-state index contributed by atoms with van der Waals surface area (Å²) in [5.41, 5.74) is 0.490. The van der Waals surface area contributed by atoms with E-state index in [0.717, 1.165) is 4.47 Å². The van der Waals surface area contributed by atoms with Gasteiger partial charge in [0.05, 0.1) is 0 Å². The number of ketones is 1. The number of hydrogen-bond donors (Lipinski definition) is 1. The van der Waals surface area contributed by atoms with Gasteiger partial charge in [-0.1, -0.05) is 40.2 Å². The van der Waals surface area contributed by atoms with E-state index >= 15 is 0 Å². The molecule has 2 rings (SSSR count). The van der Waals surface area contributed by atoms with Gasteiger partial charge in [0.1, 0.15) is 11.3 Å². The van der Waals surface area contributed by atoms with Crippen LogP contribution < -0.4 is 0 Å². The molecule has 1 N–H and O–H groups in total. The minimum Gasteiger partial charge on any atom is -0.507 e. The average molecular weight is 349 g/mol. The van der Waals surface area contributed by atoms with Gasteiger partial charge in [-0.25, -0.2) is 4.79 Å². The van der Waals surface area contributed by atoms with Crippen LogP contribution in [0.3, 0.4) is 0 Å². The number of rotatable bonds is 4. The molecule has 4 nitrogen and oxygen atoms in total. The van der Waals surface area contributed by atoms with E-state index in [1.165, 1.54) is 19.1 Å². The first kappa shape index (κ1) is 15.3. The van der Waals surface area contributed by atoms with Crippen LogP contribution in [0.25, 0.3) is 0 Å². The zero-order chi connectivity index (χ0) is 15.4. The molecule has 0 saturated heterocycles. The Hall–Kier alpha value is -2.14. The SMILES string of the molecule is C[C@H](OC(=O)c1ccccc1O)C(=O)c1ccc(Br)cc1. The molecule has 21 heavy (non-hydrogen) atoms. The van der Waals surface area contributed by atoms with Crippen molar-refractivity contribution in [2.45, 2.75) is 13.0 Å². The Kier molecular flexibility index (Phi) is 4.75. The molecule has 0 unspecified atom stereocenters. The van der Waals surface area contributed by atoms with Crippen LogP contribution >= 0.6 is 15.9 Å². The smallest absolute Gasteiger partial charge is 0.342 e. The van der Waals surface area contributed by atoms with Gasteiger partial charge in [0.15, 0.2) is 6.10 Å². The highest BCUT2D eigenvalue weighted by Crippen LogP contribution is 2.18. The van der Waals surface area contributed by atoms with Crippen LogP contribution in [0.4, 0.5) is 0 Å². The summed E-state index contributed by atoms with van der Waals surface area (Å²) < 4.78 is 5.96. The summed E-state index contributed by atoms with van der Waals surface area (Å²) in [5, 5.41) is 9.59. The van der Waals surface area contributed by atoms with E-state index in [1.807, 2.05) is 0 Å². The quantitative estimate of drug-likeness (QED) is 0.677. The number of aromatic hydroxyl groups is 1. The lowest BCUT2D eigenvalue weighted by Crippen LogP contribution is -2.24. The van der Waals surface area contributed by atoms with E-state index in [9.17, 15) is 14.7 Å². The van der Waals surface area contributed by atoms with Crippen molar-refractivity contribution < 1.29 is 19.4 Å². The third-order valence-corrected chi connectivity index (χ3v) is 3.43. The molecule has 0 bridgehead atoms. The monoisotopic (exact) mass is 348 g/mol. The zero-order valence-corrected chi connectivity index (χ0v) is 12.8. The summed E-state index contributed by atoms with van der Waals surface area (Å²) in [6.07, 6.45) is -0.932. The van der Waals surface area contributed by atoms with Crippen molar-refractivity contribution in [3.63, 3.8) is 0 Å².